The van der Waals surface area contributed by atoms with Gasteiger partial charge in [0.15, 0.2) is 0 Å². The minimum absolute atomic E-state index is 0.0779. The summed E-state index contributed by atoms with van der Waals surface area (Å²) in [4.78, 5) is 18.3. The molecule has 1 spiro atoms. The first-order valence-corrected chi connectivity index (χ1v) is 8.56. The van der Waals surface area contributed by atoms with Crippen molar-refractivity contribution in [3.05, 3.63) is 41.9 Å². The van der Waals surface area contributed by atoms with Crippen molar-refractivity contribution in [1.29, 1.82) is 0 Å². The van der Waals surface area contributed by atoms with Gasteiger partial charge in [-0.1, -0.05) is 11.2 Å². The van der Waals surface area contributed by atoms with Crippen molar-refractivity contribution in [2.75, 3.05) is 18.8 Å². The van der Waals surface area contributed by atoms with Gasteiger partial charge in [0.1, 0.15) is 6.10 Å². The molecule has 0 aliphatic carbocycles. The highest BCUT2D eigenvalue weighted by Gasteiger charge is 2.51. The van der Waals surface area contributed by atoms with Crippen LogP contribution in [0.15, 0.2) is 35.0 Å². The van der Waals surface area contributed by atoms with Gasteiger partial charge < -0.3 is 14.2 Å². The summed E-state index contributed by atoms with van der Waals surface area (Å²) in [6.07, 6.45) is 2.82. The standard InChI is InChI=1S/C16H17N3O3S/c1-11-6-13(22-18-11)15(20)19-9-16(10-19)7-12(8-23-16)21-14-4-2-3-5-17-14/h2-6,12H,7-10H2,1H3/t12-/m1/s1. The van der Waals surface area contributed by atoms with Gasteiger partial charge in [-0.05, 0) is 13.0 Å². The number of pyridine rings is 1. The lowest BCUT2D eigenvalue weighted by Gasteiger charge is -2.46. The monoisotopic (exact) mass is 331 g/mol. The van der Waals surface area contributed by atoms with Crippen molar-refractivity contribution in [3.63, 3.8) is 0 Å². The second kappa shape index (κ2) is 5.56. The smallest absolute Gasteiger partial charge is 0.292 e. The number of aromatic nitrogens is 2. The Bertz CT molecular complexity index is 712. The molecule has 23 heavy (non-hydrogen) atoms. The fourth-order valence-corrected chi connectivity index (χ4v) is 4.62. The highest BCUT2D eigenvalue weighted by molar-refractivity contribution is 8.01. The largest absolute Gasteiger partial charge is 0.473 e. The molecule has 0 unspecified atom stereocenters. The van der Waals surface area contributed by atoms with Gasteiger partial charge in [-0.3, -0.25) is 4.79 Å². The lowest BCUT2D eigenvalue weighted by Crippen LogP contribution is -2.60. The number of hydrogen-bond donors (Lipinski definition) is 0. The molecule has 2 aliphatic heterocycles. The fourth-order valence-electron chi connectivity index (χ4n) is 3.10. The Morgan fingerprint density at radius 2 is 2.35 bits per heavy atom. The van der Waals surface area contributed by atoms with E-state index in [9.17, 15) is 4.79 Å². The Morgan fingerprint density at radius 1 is 1.48 bits per heavy atom. The average Bonchev–Trinajstić information content (AvgIpc) is 3.13. The topological polar surface area (TPSA) is 68.5 Å². The fraction of sp³-hybridized carbons (Fsp3) is 0.438. The molecule has 0 saturated carbocycles. The molecular formula is C16H17N3O3S. The number of thioether (sulfide) groups is 1. The van der Waals surface area contributed by atoms with Crippen molar-refractivity contribution < 1.29 is 14.1 Å². The van der Waals surface area contributed by atoms with Crippen LogP contribution in [0, 0.1) is 6.92 Å². The SMILES string of the molecule is Cc1cc(C(=O)N2CC3(C[C@@H](Oc4ccccn4)CS3)C2)on1. The molecular weight excluding hydrogens is 314 g/mol. The lowest BCUT2D eigenvalue weighted by molar-refractivity contribution is 0.0476. The molecule has 0 bridgehead atoms. The zero-order valence-electron chi connectivity index (χ0n) is 12.8. The summed E-state index contributed by atoms with van der Waals surface area (Å²) in [5.74, 6) is 1.84. The van der Waals surface area contributed by atoms with Gasteiger partial charge in [-0.15, -0.1) is 11.8 Å². The van der Waals surface area contributed by atoms with Crippen LogP contribution in [-0.2, 0) is 0 Å². The Labute approximate surface area is 138 Å². The first kappa shape index (κ1) is 14.6. The second-order valence-corrected chi connectivity index (χ2v) is 7.59. The molecule has 4 heterocycles. The lowest BCUT2D eigenvalue weighted by atomic mass is 9.92. The van der Waals surface area contributed by atoms with E-state index in [1.54, 1.807) is 12.3 Å². The van der Waals surface area contributed by atoms with Crippen molar-refractivity contribution in [2.45, 2.75) is 24.2 Å². The summed E-state index contributed by atoms with van der Waals surface area (Å²) in [5.41, 5.74) is 0.725. The Balaban J connectivity index is 1.33. The third kappa shape index (κ3) is 2.81. The van der Waals surface area contributed by atoms with Crippen LogP contribution in [-0.4, -0.2) is 50.6 Å². The van der Waals surface area contributed by atoms with Crippen molar-refractivity contribution in [2.24, 2.45) is 0 Å². The summed E-state index contributed by atoms with van der Waals surface area (Å²) >= 11 is 1.89. The van der Waals surface area contributed by atoms with Crippen molar-refractivity contribution >= 4 is 17.7 Å². The van der Waals surface area contributed by atoms with E-state index in [0.29, 0.717) is 11.6 Å². The molecule has 2 aliphatic rings. The molecule has 2 aromatic heterocycles. The molecule has 1 atom stereocenters. The van der Waals surface area contributed by atoms with Crippen LogP contribution in [0.3, 0.4) is 0 Å². The number of aryl methyl sites for hydroxylation is 1. The van der Waals surface area contributed by atoms with Crippen LogP contribution < -0.4 is 4.74 Å². The number of likely N-dealkylation sites (tertiary alicyclic amines) is 1. The number of amides is 1. The van der Waals surface area contributed by atoms with E-state index in [2.05, 4.69) is 10.1 Å². The summed E-state index contributed by atoms with van der Waals surface area (Å²) in [6, 6.07) is 7.35. The zero-order chi connectivity index (χ0) is 15.9. The van der Waals surface area contributed by atoms with Gasteiger partial charge in [-0.2, -0.15) is 0 Å². The van der Waals surface area contributed by atoms with Gasteiger partial charge in [-0.25, -0.2) is 4.98 Å². The Morgan fingerprint density at radius 3 is 3.04 bits per heavy atom. The summed E-state index contributed by atoms with van der Waals surface area (Å²) in [6.45, 7) is 3.28. The van der Waals surface area contributed by atoms with Crippen molar-refractivity contribution in [3.8, 4) is 5.88 Å². The van der Waals surface area contributed by atoms with Crippen LogP contribution >= 0.6 is 11.8 Å². The number of carbonyl (C=O) groups is 1. The van der Waals surface area contributed by atoms with E-state index in [4.69, 9.17) is 9.26 Å². The maximum atomic E-state index is 12.3. The third-order valence-corrected chi connectivity index (χ3v) is 5.76. The van der Waals surface area contributed by atoms with Crippen LogP contribution in [0.2, 0.25) is 0 Å². The Hall–Kier alpha value is -2.02. The average molecular weight is 331 g/mol. The predicted octanol–water partition coefficient (Wildman–Crippen LogP) is 2.16. The molecule has 0 radical (unpaired) electrons. The van der Waals surface area contributed by atoms with Crippen LogP contribution in [0.4, 0.5) is 0 Å². The molecule has 120 valence electrons. The highest BCUT2D eigenvalue weighted by Crippen LogP contribution is 2.46. The summed E-state index contributed by atoms with van der Waals surface area (Å²) in [7, 11) is 0. The Kier molecular flexibility index (Phi) is 3.52. The number of rotatable bonds is 3. The van der Waals surface area contributed by atoms with E-state index in [1.165, 1.54) is 0 Å². The molecule has 2 aromatic rings. The minimum atomic E-state index is -0.0779. The number of hydrogen-bond acceptors (Lipinski definition) is 6. The number of carbonyl (C=O) groups excluding carboxylic acids is 1. The van der Waals surface area contributed by atoms with Gasteiger partial charge in [0.25, 0.3) is 5.91 Å². The maximum absolute atomic E-state index is 12.3. The van der Waals surface area contributed by atoms with Gasteiger partial charge in [0, 0.05) is 43.6 Å². The minimum Gasteiger partial charge on any atom is -0.473 e. The van der Waals surface area contributed by atoms with Crippen molar-refractivity contribution in [1.82, 2.24) is 15.0 Å². The molecule has 0 aromatic carbocycles. The van der Waals surface area contributed by atoms with Gasteiger partial charge in [0.2, 0.25) is 11.6 Å². The third-order valence-electron chi connectivity index (χ3n) is 4.18. The normalized spacial score (nSPS) is 22.1. The molecule has 0 N–H and O–H groups in total. The van der Waals surface area contributed by atoms with E-state index in [-0.39, 0.29) is 16.8 Å². The second-order valence-electron chi connectivity index (χ2n) is 6.10. The quantitative estimate of drug-likeness (QED) is 0.858. The molecule has 6 nitrogen and oxygen atoms in total. The first-order valence-electron chi connectivity index (χ1n) is 7.58. The summed E-state index contributed by atoms with van der Waals surface area (Å²) < 4.78 is 11.1. The van der Waals surface area contributed by atoms with E-state index in [1.807, 2.05) is 41.8 Å². The molecule has 2 saturated heterocycles. The van der Waals surface area contributed by atoms with Gasteiger partial charge in [0.05, 0.1) is 10.4 Å². The number of ether oxygens (including phenoxy) is 1. The van der Waals surface area contributed by atoms with E-state index >= 15 is 0 Å². The van der Waals surface area contributed by atoms with E-state index in [0.717, 1.165) is 31.0 Å². The first-order chi connectivity index (χ1) is 11.1. The van der Waals surface area contributed by atoms with Crippen LogP contribution in [0.1, 0.15) is 22.7 Å². The number of nitrogens with zero attached hydrogens (tertiary/aromatic N) is 3. The maximum Gasteiger partial charge on any atom is 0.292 e. The van der Waals surface area contributed by atoms with E-state index < -0.39 is 0 Å². The molecule has 2 fully saturated rings. The molecule has 4 rings (SSSR count). The highest BCUT2D eigenvalue weighted by atomic mass is 32.2. The van der Waals surface area contributed by atoms with Gasteiger partial charge >= 0.3 is 0 Å². The summed E-state index contributed by atoms with van der Waals surface area (Å²) in [5, 5.41) is 3.77. The zero-order valence-corrected chi connectivity index (χ0v) is 13.6. The molecule has 1 amide bonds. The van der Waals surface area contributed by atoms with Crippen LogP contribution in [0.5, 0.6) is 5.88 Å². The molecule has 7 heteroatoms. The predicted molar refractivity (Wildman–Crippen MR) is 85.6 cm³/mol. The van der Waals surface area contributed by atoms with Crippen LogP contribution in [0.25, 0.3) is 0 Å².